The van der Waals surface area contributed by atoms with E-state index in [4.69, 9.17) is 0 Å². The maximum atomic E-state index is 13.1. The van der Waals surface area contributed by atoms with Gasteiger partial charge >= 0.3 is 0 Å². The molecule has 4 heteroatoms. The third kappa shape index (κ3) is 1.90. The van der Waals surface area contributed by atoms with Crippen molar-refractivity contribution in [1.29, 1.82) is 0 Å². The third-order valence-corrected chi connectivity index (χ3v) is 4.11. The van der Waals surface area contributed by atoms with Gasteiger partial charge < -0.3 is 10.2 Å². The number of carbonyl (C=O) groups excluding carboxylic acids is 1. The van der Waals surface area contributed by atoms with Crippen LogP contribution < -0.4 is 5.32 Å². The first-order chi connectivity index (χ1) is 8.70. The Hall–Kier alpha value is -1.42. The number of carbonyl (C=O) groups is 1. The van der Waals surface area contributed by atoms with Gasteiger partial charge in [-0.15, -0.1) is 0 Å². The van der Waals surface area contributed by atoms with Crippen LogP contribution in [0.5, 0.6) is 0 Å². The van der Waals surface area contributed by atoms with Crippen molar-refractivity contribution in [2.45, 2.75) is 19.4 Å². The summed E-state index contributed by atoms with van der Waals surface area (Å²) in [5, 5.41) is 3.27. The molecule has 0 aromatic heterocycles. The first-order valence-corrected chi connectivity index (χ1v) is 6.44. The molecule has 2 heterocycles. The molecule has 0 unspecified atom stereocenters. The largest absolute Gasteiger partial charge is 0.338 e. The lowest BCUT2D eigenvalue weighted by Crippen LogP contribution is -2.35. The molecule has 3 rings (SSSR count). The van der Waals surface area contributed by atoms with E-state index in [9.17, 15) is 9.18 Å². The molecular weight excluding hydrogens is 231 g/mol. The summed E-state index contributed by atoms with van der Waals surface area (Å²) in [5.74, 6) is -0.00634. The molecule has 0 radical (unpaired) electrons. The van der Waals surface area contributed by atoms with E-state index < -0.39 is 0 Å². The van der Waals surface area contributed by atoms with Gasteiger partial charge in [0.1, 0.15) is 5.82 Å². The van der Waals surface area contributed by atoms with Gasteiger partial charge in [0.15, 0.2) is 0 Å². The highest BCUT2D eigenvalue weighted by Crippen LogP contribution is 2.37. The second kappa shape index (κ2) is 4.35. The first-order valence-electron chi connectivity index (χ1n) is 6.44. The molecule has 1 amide bonds. The van der Waals surface area contributed by atoms with Crippen LogP contribution in [0.2, 0.25) is 0 Å². The van der Waals surface area contributed by atoms with E-state index in [0.29, 0.717) is 6.54 Å². The minimum atomic E-state index is -0.239. The van der Waals surface area contributed by atoms with Gasteiger partial charge in [0, 0.05) is 19.6 Å². The van der Waals surface area contributed by atoms with E-state index in [0.717, 1.165) is 38.0 Å². The highest BCUT2D eigenvalue weighted by molar-refractivity contribution is 5.85. The van der Waals surface area contributed by atoms with Crippen LogP contribution in [-0.4, -0.2) is 30.4 Å². The summed E-state index contributed by atoms with van der Waals surface area (Å²) in [4.78, 5) is 14.3. The summed E-state index contributed by atoms with van der Waals surface area (Å²) in [6.07, 6.45) is 1.86. The second-order valence-electron chi connectivity index (χ2n) is 5.31. The Morgan fingerprint density at radius 3 is 3.00 bits per heavy atom. The van der Waals surface area contributed by atoms with Gasteiger partial charge in [0.25, 0.3) is 0 Å². The average molecular weight is 248 g/mol. The van der Waals surface area contributed by atoms with Gasteiger partial charge in [-0.1, -0.05) is 12.1 Å². The normalized spacial score (nSPS) is 27.4. The van der Waals surface area contributed by atoms with Crippen LogP contribution in [0.3, 0.4) is 0 Å². The molecule has 2 fully saturated rings. The average Bonchev–Trinajstić information content (AvgIpc) is 2.93. The third-order valence-electron chi connectivity index (χ3n) is 4.11. The van der Waals surface area contributed by atoms with E-state index >= 15 is 0 Å². The molecule has 18 heavy (non-hydrogen) atoms. The van der Waals surface area contributed by atoms with Gasteiger partial charge in [-0.05, 0) is 37.1 Å². The van der Waals surface area contributed by atoms with Gasteiger partial charge in [0.2, 0.25) is 5.91 Å². The Morgan fingerprint density at radius 1 is 1.39 bits per heavy atom. The summed E-state index contributed by atoms with van der Waals surface area (Å²) in [7, 11) is 0. The van der Waals surface area contributed by atoms with Crippen molar-refractivity contribution in [2.24, 2.45) is 5.41 Å². The molecule has 1 spiro atoms. The number of hydrogen-bond donors (Lipinski definition) is 1. The van der Waals surface area contributed by atoms with Crippen molar-refractivity contribution in [2.75, 3.05) is 19.6 Å². The first kappa shape index (κ1) is 11.7. The summed E-state index contributed by atoms with van der Waals surface area (Å²) in [5.41, 5.74) is 0.694. The van der Waals surface area contributed by atoms with Crippen LogP contribution >= 0.6 is 0 Å². The zero-order valence-electron chi connectivity index (χ0n) is 10.3. The molecular formula is C14H17FN2O. The molecule has 3 nitrogen and oxygen atoms in total. The summed E-state index contributed by atoms with van der Waals surface area (Å²) < 4.78 is 13.1. The number of amides is 1. The molecule has 0 bridgehead atoms. The van der Waals surface area contributed by atoms with E-state index in [-0.39, 0.29) is 17.1 Å². The van der Waals surface area contributed by atoms with Crippen LogP contribution in [0, 0.1) is 11.2 Å². The van der Waals surface area contributed by atoms with Crippen LogP contribution in [0.25, 0.3) is 0 Å². The summed E-state index contributed by atoms with van der Waals surface area (Å²) in [6.45, 7) is 3.04. The van der Waals surface area contributed by atoms with Crippen molar-refractivity contribution in [3.05, 3.63) is 35.6 Å². The zero-order valence-corrected chi connectivity index (χ0v) is 10.3. The quantitative estimate of drug-likeness (QED) is 0.861. The lowest BCUT2D eigenvalue weighted by Gasteiger charge is -2.22. The lowest BCUT2D eigenvalue weighted by atomic mass is 9.86. The predicted octanol–water partition coefficient (Wildman–Crippen LogP) is 1.54. The van der Waals surface area contributed by atoms with Crippen LogP contribution in [0.1, 0.15) is 18.4 Å². The van der Waals surface area contributed by atoms with Crippen molar-refractivity contribution >= 4 is 5.91 Å². The topological polar surface area (TPSA) is 32.3 Å². The fourth-order valence-corrected chi connectivity index (χ4v) is 3.04. The minimum Gasteiger partial charge on any atom is -0.338 e. The van der Waals surface area contributed by atoms with Crippen LogP contribution in [0.4, 0.5) is 4.39 Å². The van der Waals surface area contributed by atoms with Gasteiger partial charge in [-0.3, -0.25) is 4.79 Å². The van der Waals surface area contributed by atoms with Crippen LogP contribution in [-0.2, 0) is 11.3 Å². The molecule has 2 aliphatic heterocycles. The molecule has 2 aliphatic rings. The monoisotopic (exact) mass is 248 g/mol. The standard InChI is InChI=1S/C14H17FN2O/c15-12-3-1-2-11(8-12)9-17-7-5-14(13(17)18)4-6-16-10-14/h1-3,8,16H,4-7,9-10H2/t14-/m1/s1. The molecule has 96 valence electrons. The zero-order chi connectivity index (χ0) is 12.6. The SMILES string of the molecule is O=C1N(Cc2cccc(F)c2)CC[C@@]12CCNC2. The number of hydrogen-bond acceptors (Lipinski definition) is 2. The predicted molar refractivity (Wildman–Crippen MR) is 66.4 cm³/mol. The Balaban J connectivity index is 1.73. The van der Waals surface area contributed by atoms with Gasteiger partial charge in [-0.25, -0.2) is 4.39 Å². The number of rotatable bonds is 2. The maximum Gasteiger partial charge on any atom is 0.230 e. The fourth-order valence-electron chi connectivity index (χ4n) is 3.04. The minimum absolute atomic E-state index is 0.173. The van der Waals surface area contributed by atoms with Gasteiger partial charge in [-0.2, -0.15) is 0 Å². The van der Waals surface area contributed by atoms with E-state index in [1.165, 1.54) is 12.1 Å². The second-order valence-corrected chi connectivity index (χ2v) is 5.31. The highest BCUT2D eigenvalue weighted by atomic mass is 19.1. The van der Waals surface area contributed by atoms with Crippen molar-refractivity contribution in [3.8, 4) is 0 Å². The molecule has 1 atom stereocenters. The molecule has 1 aromatic carbocycles. The highest BCUT2D eigenvalue weighted by Gasteiger charge is 2.47. The smallest absolute Gasteiger partial charge is 0.230 e. The maximum absolute atomic E-state index is 13.1. The Labute approximate surface area is 106 Å². The Kier molecular flexibility index (Phi) is 2.82. The van der Waals surface area contributed by atoms with E-state index in [2.05, 4.69) is 5.32 Å². The molecule has 1 N–H and O–H groups in total. The van der Waals surface area contributed by atoms with E-state index in [1.807, 2.05) is 11.0 Å². The lowest BCUT2D eigenvalue weighted by molar-refractivity contribution is -0.135. The number of likely N-dealkylation sites (tertiary alicyclic amines) is 1. The number of nitrogens with one attached hydrogen (secondary N) is 1. The van der Waals surface area contributed by atoms with Crippen molar-refractivity contribution in [3.63, 3.8) is 0 Å². The van der Waals surface area contributed by atoms with Gasteiger partial charge in [0.05, 0.1) is 5.41 Å². The Morgan fingerprint density at radius 2 is 2.28 bits per heavy atom. The number of nitrogens with zero attached hydrogens (tertiary/aromatic N) is 1. The fraction of sp³-hybridized carbons (Fsp3) is 0.500. The summed E-state index contributed by atoms with van der Waals surface area (Å²) >= 11 is 0. The van der Waals surface area contributed by atoms with Crippen LogP contribution in [0.15, 0.2) is 24.3 Å². The van der Waals surface area contributed by atoms with Crippen molar-refractivity contribution in [1.82, 2.24) is 10.2 Å². The van der Waals surface area contributed by atoms with E-state index in [1.54, 1.807) is 6.07 Å². The number of benzene rings is 1. The number of halogens is 1. The molecule has 0 aliphatic carbocycles. The molecule has 0 saturated carbocycles. The Bertz CT molecular complexity index is 469. The van der Waals surface area contributed by atoms with Crippen molar-refractivity contribution < 1.29 is 9.18 Å². The summed E-state index contributed by atoms with van der Waals surface area (Å²) in [6, 6.07) is 6.50. The molecule has 2 saturated heterocycles. The molecule has 1 aromatic rings.